The molecule has 0 aliphatic carbocycles. The number of halogens is 3. The number of piperidine rings is 1. The summed E-state index contributed by atoms with van der Waals surface area (Å²) in [6, 6.07) is 5.66. The van der Waals surface area contributed by atoms with Crippen molar-refractivity contribution >= 4 is 40.4 Å². The van der Waals surface area contributed by atoms with Gasteiger partial charge < -0.3 is 21.1 Å². The molecule has 10 nitrogen and oxygen atoms in total. The van der Waals surface area contributed by atoms with Crippen molar-refractivity contribution in [2.45, 2.75) is 25.1 Å². The second-order valence-electron chi connectivity index (χ2n) is 7.03. The molecule has 0 aromatic carbocycles. The van der Waals surface area contributed by atoms with Gasteiger partial charge in [-0.05, 0) is 25.0 Å². The molecule has 1 aliphatic rings. The number of anilines is 2. The molecule has 1 amide bonds. The molecular weight excluding hydrogens is 463 g/mol. The molecule has 0 unspecified atom stereocenters. The summed E-state index contributed by atoms with van der Waals surface area (Å²) < 4.78 is 33.3. The molecule has 0 spiro atoms. The summed E-state index contributed by atoms with van der Waals surface area (Å²) in [7, 11) is 0. The predicted molar refractivity (Wildman–Crippen MR) is 113 cm³/mol. The molecule has 0 radical (unpaired) electrons. The number of hydrogen-bond acceptors (Lipinski definition) is 8. The molecule has 4 heterocycles. The van der Waals surface area contributed by atoms with Crippen molar-refractivity contribution < 1.29 is 27.9 Å². The van der Waals surface area contributed by atoms with Gasteiger partial charge in [0.05, 0.1) is 23.0 Å². The minimum absolute atomic E-state index is 0.110. The Morgan fingerprint density at radius 1 is 1.33 bits per heavy atom. The zero-order valence-electron chi connectivity index (χ0n) is 16.9. The van der Waals surface area contributed by atoms with Gasteiger partial charge in [0.25, 0.3) is 5.91 Å². The smallest absolute Gasteiger partial charge is 0.475 e. The fraction of sp³-hybridized carbons (Fsp3) is 0.316. The van der Waals surface area contributed by atoms with Crippen molar-refractivity contribution in [2.24, 2.45) is 5.73 Å². The highest BCUT2D eigenvalue weighted by atomic mass is 32.1. The van der Waals surface area contributed by atoms with Crippen LogP contribution in [0.4, 0.5) is 24.8 Å². The second-order valence-corrected chi connectivity index (χ2v) is 7.77. The third-order valence-corrected chi connectivity index (χ3v) is 5.38. The average molecular weight is 481 g/mol. The molecule has 3 aromatic rings. The van der Waals surface area contributed by atoms with Crippen LogP contribution in [0.5, 0.6) is 0 Å². The van der Waals surface area contributed by atoms with E-state index in [9.17, 15) is 18.0 Å². The molecule has 4 N–H and O–H groups in total. The van der Waals surface area contributed by atoms with E-state index in [0.29, 0.717) is 29.4 Å². The van der Waals surface area contributed by atoms with Gasteiger partial charge >= 0.3 is 12.1 Å². The lowest BCUT2D eigenvalue weighted by atomic mass is 10.1. The topological polar surface area (TPSA) is 150 Å². The maximum atomic E-state index is 12.7. The Bertz CT molecular complexity index is 1200. The van der Waals surface area contributed by atoms with Crippen molar-refractivity contribution in [3.63, 3.8) is 0 Å². The fourth-order valence-corrected chi connectivity index (χ4v) is 3.77. The number of nitrogens with zero attached hydrogens (tertiary/aromatic N) is 5. The first kappa shape index (κ1) is 24.0. The highest BCUT2D eigenvalue weighted by Crippen LogP contribution is 2.21. The van der Waals surface area contributed by atoms with Crippen LogP contribution in [0.25, 0.3) is 5.52 Å². The first-order valence-electron chi connectivity index (χ1n) is 9.53. The third kappa shape index (κ3) is 5.76. The van der Waals surface area contributed by atoms with Crippen molar-refractivity contribution in [3.8, 4) is 6.07 Å². The molecule has 174 valence electrons. The van der Waals surface area contributed by atoms with E-state index in [1.165, 1.54) is 11.3 Å². The van der Waals surface area contributed by atoms with Gasteiger partial charge in [-0.25, -0.2) is 14.3 Å². The summed E-state index contributed by atoms with van der Waals surface area (Å²) in [5.41, 5.74) is 8.11. The lowest BCUT2D eigenvalue weighted by Gasteiger charge is -2.30. The van der Waals surface area contributed by atoms with Crippen LogP contribution < -0.4 is 16.0 Å². The van der Waals surface area contributed by atoms with Crippen molar-refractivity contribution in [3.05, 3.63) is 40.3 Å². The summed E-state index contributed by atoms with van der Waals surface area (Å²) in [6.07, 6.45) is -1.39. The quantitative estimate of drug-likeness (QED) is 0.516. The van der Waals surface area contributed by atoms with Crippen LogP contribution in [0, 0.1) is 11.3 Å². The van der Waals surface area contributed by atoms with Crippen LogP contribution in [-0.2, 0) is 4.79 Å². The van der Waals surface area contributed by atoms with Crippen LogP contribution in [0.3, 0.4) is 0 Å². The van der Waals surface area contributed by atoms with Gasteiger partial charge in [-0.1, -0.05) is 0 Å². The van der Waals surface area contributed by atoms with E-state index in [1.807, 2.05) is 4.90 Å². The molecule has 4 rings (SSSR count). The zero-order chi connectivity index (χ0) is 24.2. The van der Waals surface area contributed by atoms with Gasteiger partial charge in [0.1, 0.15) is 11.8 Å². The molecule has 0 saturated carbocycles. The number of carbonyl (C=O) groups is 2. The number of nitrogens with one attached hydrogen (secondary N) is 1. The van der Waals surface area contributed by atoms with Gasteiger partial charge in [-0.3, -0.25) is 4.79 Å². The highest BCUT2D eigenvalue weighted by molar-refractivity contribution is 7.08. The van der Waals surface area contributed by atoms with Crippen LogP contribution in [0.2, 0.25) is 0 Å². The molecular formula is C19H18F3N7O3S. The number of fused-ring (bicyclic) bond motifs is 1. The van der Waals surface area contributed by atoms with Crippen LogP contribution in [0.1, 0.15) is 28.9 Å². The van der Waals surface area contributed by atoms with E-state index in [-0.39, 0.29) is 11.9 Å². The summed E-state index contributed by atoms with van der Waals surface area (Å²) in [6.45, 7) is 1.55. The molecule has 14 heteroatoms. The number of hydrogen-bond donors (Lipinski definition) is 3. The number of carbonyl (C=O) groups excluding carboxylic acids is 1. The Morgan fingerprint density at radius 3 is 2.70 bits per heavy atom. The lowest BCUT2D eigenvalue weighted by molar-refractivity contribution is -0.192. The highest BCUT2D eigenvalue weighted by Gasteiger charge is 2.38. The number of aliphatic carboxylic acids is 1. The lowest BCUT2D eigenvalue weighted by Crippen LogP contribution is -2.43. The molecule has 1 fully saturated rings. The van der Waals surface area contributed by atoms with Crippen molar-refractivity contribution in [1.29, 1.82) is 5.26 Å². The predicted octanol–water partition coefficient (Wildman–Crippen LogP) is 2.48. The largest absolute Gasteiger partial charge is 0.490 e. The van der Waals surface area contributed by atoms with Gasteiger partial charge in [-0.15, -0.1) is 16.4 Å². The number of nitrogens with two attached hydrogens (primary N) is 1. The third-order valence-electron chi connectivity index (χ3n) is 4.63. The van der Waals surface area contributed by atoms with Crippen LogP contribution in [0.15, 0.2) is 29.1 Å². The first-order chi connectivity index (χ1) is 15.6. The minimum Gasteiger partial charge on any atom is -0.475 e. The number of alkyl halides is 3. The van der Waals surface area contributed by atoms with E-state index in [4.69, 9.17) is 20.9 Å². The maximum Gasteiger partial charge on any atom is 0.490 e. The Balaban J connectivity index is 0.000000383. The van der Waals surface area contributed by atoms with Gasteiger partial charge in [0, 0.05) is 29.9 Å². The maximum absolute atomic E-state index is 12.7. The van der Waals surface area contributed by atoms with Gasteiger partial charge in [0.2, 0.25) is 5.95 Å². The number of rotatable bonds is 3. The van der Waals surface area contributed by atoms with Crippen molar-refractivity contribution in [2.75, 3.05) is 23.3 Å². The number of thiophene rings is 1. The Morgan fingerprint density at radius 2 is 2.06 bits per heavy atom. The van der Waals surface area contributed by atoms with E-state index >= 15 is 0 Å². The van der Waals surface area contributed by atoms with Crippen LogP contribution in [-0.4, -0.2) is 56.9 Å². The van der Waals surface area contributed by atoms with Gasteiger partial charge in [-0.2, -0.15) is 18.4 Å². The second kappa shape index (κ2) is 9.84. The Labute approximate surface area is 189 Å². The molecule has 0 bridgehead atoms. The number of nitriles is 1. The summed E-state index contributed by atoms with van der Waals surface area (Å²) >= 11 is 1.37. The molecule has 1 atom stereocenters. The Hall–Kier alpha value is -3.70. The zero-order valence-corrected chi connectivity index (χ0v) is 17.7. The minimum atomic E-state index is -5.08. The SMILES string of the molecule is N#Cc1cscc1NC(=O)c1ccc2cnc(N3CCC[C@@H](N)C3)nn12.O=C(O)C(F)(F)F. The standard InChI is InChI=1S/C17H17N7OS.C2HF3O2/c18-6-11-9-26-10-14(11)21-16(25)15-4-3-13-7-20-17(22-24(13)15)23-5-1-2-12(19)8-23;3-2(4,5)1(6)7/h3-4,7,9-10,12H,1-2,5,8,19H2,(H,21,25);(H,6,7)/t12-;/m1./s1. The van der Waals surface area contributed by atoms with Crippen LogP contribution >= 0.6 is 11.3 Å². The summed E-state index contributed by atoms with van der Waals surface area (Å²) in [4.78, 5) is 28.0. The monoisotopic (exact) mass is 481 g/mol. The van der Waals surface area contributed by atoms with E-state index in [2.05, 4.69) is 21.5 Å². The van der Waals surface area contributed by atoms with E-state index < -0.39 is 12.1 Å². The number of carboxylic acid groups (broad SMARTS) is 1. The summed E-state index contributed by atoms with van der Waals surface area (Å²) in [5, 5.41) is 27.0. The van der Waals surface area contributed by atoms with Gasteiger partial charge in [0.15, 0.2) is 0 Å². The number of amides is 1. The molecule has 1 aliphatic heterocycles. The van der Waals surface area contributed by atoms with E-state index in [1.54, 1.807) is 33.6 Å². The Kier molecular flexibility index (Phi) is 7.14. The first-order valence-corrected chi connectivity index (χ1v) is 10.5. The molecule has 3 aromatic heterocycles. The fourth-order valence-electron chi connectivity index (χ4n) is 3.07. The molecule has 1 saturated heterocycles. The number of aromatic nitrogens is 3. The number of carboxylic acids is 1. The van der Waals surface area contributed by atoms with Crippen molar-refractivity contribution in [1.82, 2.24) is 14.6 Å². The van der Waals surface area contributed by atoms with E-state index in [0.717, 1.165) is 24.9 Å². The molecule has 33 heavy (non-hydrogen) atoms. The normalized spacial score (nSPS) is 16.0. The summed E-state index contributed by atoms with van der Waals surface area (Å²) in [5.74, 6) is -2.52. The average Bonchev–Trinajstić information content (AvgIpc) is 3.39.